The summed E-state index contributed by atoms with van der Waals surface area (Å²) >= 11 is 5.85. The van der Waals surface area contributed by atoms with E-state index in [2.05, 4.69) is 20.2 Å². The highest BCUT2D eigenvalue weighted by Crippen LogP contribution is 2.48. The highest BCUT2D eigenvalue weighted by atomic mass is 35.5. The predicted octanol–water partition coefficient (Wildman–Crippen LogP) is 3.18. The number of hydrogen-bond donors (Lipinski definition) is 0. The minimum Gasteiger partial charge on any atom is -0.334 e. The number of nitrogens with zero attached hydrogens (tertiary/aromatic N) is 5. The van der Waals surface area contributed by atoms with Crippen molar-refractivity contribution < 1.29 is 4.52 Å². The summed E-state index contributed by atoms with van der Waals surface area (Å²) in [5.41, 5.74) is 2.01. The Balaban J connectivity index is 1.57. The average molecular weight is 316 g/mol. The first-order valence-electron chi connectivity index (χ1n) is 7.15. The van der Waals surface area contributed by atoms with Crippen molar-refractivity contribution in [3.05, 3.63) is 47.3 Å². The molecule has 3 heterocycles. The van der Waals surface area contributed by atoms with Crippen LogP contribution in [0.15, 0.2) is 35.2 Å². The molecule has 1 saturated carbocycles. The van der Waals surface area contributed by atoms with Gasteiger partial charge in [-0.1, -0.05) is 22.8 Å². The molecule has 7 heteroatoms. The molecule has 1 fully saturated rings. The lowest BCUT2D eigenvalue weighted by atomic mass is 9.70. The maximum Gasteiger partial charge on any atom is 0.261 e. The normalized spacial score (nSPS) is 20.8. The lowest BCUT2D eigenvalue weighted by Gasteiger charge is -2.34. The molecule has 0 radical (unpaired) electrons. The predicted molar refractivity (Wildman–Crippen MR) is 80.5 cm³/mol. The summed E-state index contributed by atoms with van der Waals surface area (Å²) in [6, 6.07) is 3.85. The van der Waals surface area contributed by atoms with Gasteiger partial charge in [0.05, 0.1) is 11.8 Å². The van der Waals surface area contributed by atoms with Gasteiger partial charge in [0.1, 0.15) is 5.15 Å². The van der Waals surface area contributed by atoms with Crippen LogP contribution in [-0.4, -0.2) is 24.9 Å². The monoisotopic (exact) mass is 315 g/mol. The molecule has 0 aromatic carbocycles. The van der Waals surface area contributed by atoms with Crippen molar-refractivity contribution in [2.45, 2.75) is 24.7 Å². The Morgan fingerprint density at radius 2 is 2.09 bits per heavy atom. The second-order valence-corrected chi connectivity index (χ2v) is 5.95. The van der Waals surface area contributed by atoms with Crippen LogP contribution in [0.2, 0.25) is 5.15 Å². The van der Waals surface area contributed by atoms with E-state index in [0.29, 0.717) is 17.0 Å². The number of aryl methyl sites for hydroxylation is 1. The molecule has 1 aliphatic rings. The smallest absolute Gasteiger partial charge is 0.261 e. The van der Waals surface area contributed by atoms with Crippen LogP contribution in [-0.2, 0) is 7.05 Å². The van der Waals surface area contributed by atoms with Gasteiger partial charge < -0.3 is 4.52 Å². The van der Waals surface area contributed by atoms with Gasteiger partial charge in [-0.15, -0.1) is 0 Å². The molecule has 112 valence electrons. The largest absolute Gasteiger partial charge is 0.334 e. The van der Waals surface area contributed by atoms with Crippen molar-refractivity contribution in [2.75, 3.05) is 0 Å². The number of aromatic nitrogens is 5. The standard InChI is InChI=1S/C15H14ClN5O/c1-21-8-10(7-18-21)15-19-14(20-22-15)12-4-3-11(12)9-2-5-13(16)17-6-9/h2,5-8,11-12H,3-4H2,1H3. The third-order valence-electron chi connectivity index (χ3n) is 4.18. The van der Waals surface area contributed by atoms with Crippen LogP contribution in [0.3, 0.4) is 0 Å². The summed E-state index contributed by atoms with van der Waals surface area (Å²) in [6.45, 7) is 0. The topological polar surface area (TPSA) is 69.6 Å². The molecule has 6 nitrogen and oxygen atoms in total. The van der Waals surface area contributed by atoms with Crippen molar-refractivity contribution in [1.82, 2.24) is 24.9 Å². The molecule has 0 bridgehead atoms. The fourth-order valence-electron chi connectivity index (χ4n) is 2.85. The van der Waals surface area contributed by atoms with Gasteiger partial charge in [0.2, 0.25) is 0 Å². The summed E-state index contributed by atoms with van der Waals surface area (Å²) in [6.07, 6.45) is 7.57. The van der Waals surface area contributed by atoms with E-state index in [4.69, 9.17) is 16.1 Å². The molecule has 22 heavy (non-hydrogen) atoms. The van der Waals surface area contributed by atoms with E-state index in [1.54, 1.807) is 10.9 Å². The van der Waals surface area contributed by atoms with Crippen molar-refractivity contribution in [3.63, 3.8) is 0 Å². The Labute approximate surface area is 132 Å². The zero-order chi connectivity index (χ0) is 15.1. The maximum absolute atomic E-state index is 5.85. The van der Waals surface area contributed by atoms with E-state index in [1.165, 1.54) is 5.56 Å². The van der Waals surface area contributed by atoms with E-state index in [1.807, 2.05) is 31.6 Å². The summed E-state index contributed by atoms with van der Waals surface area (Å²) in [5.74, 6) is 1.93. The van der Waals surface area contributed by atoms with Gasteiger partial charge in [0, 0.05) is 25.4 Å². The molecule has 4 rings (SSSR count). The maximum atomic E-state index is 5.85. The Hall–Kier alpha value is -2.21. The van der Waals surface area contributed by atoms with Gasteiger partial charge in [-0.3, -0.25) is 4.68 Å². The zero-order valence-electron chi connectivity index (χ0n) is 12.0. The lowest BCUT2D eigenvalue weighted by Crippen LogP contribution is -2.23. The van der Waals surface area contributed by atoms with Crippen molar-refractivity contribution in [2.24, 2.45) is 7.05 Å². The SMILES string of the molecule is Cn1cc(-c2nc(C3CCC3c3ccc(Cl)nc3)no2)cn1. The Kier molecular flexibility index (Phi) is 3.18. The molecule has 0 saturated heterocycles. The van der Waals surface area contributed by atoms with Gasteiger partial charge in [-0.05, 0) is 30.4 Å². The molecule has 2 unspecified atom stereocenters. The Bertz CT molecular complexity index is 794. The van der Waals surface area contributed by atoms with Gasteiger partial charge in [-0.2, -0.15) is 10.1 Å². The summed E-state index contributed by atoms with van der Waals surface area (Å²) in [5, 5.41) is 8.78. The first-order valence-corrected chi connectivity index (χ1v) is 7.52. The molecule has 2 atom stereocenters. The van der Waals surface area contributed by atoms with E-state index in [-0.39, 0.29) is 5.92 Å². The number of pyridine rings is 1. The van der Waals surface area contributed by atoms with E-state index < -0.39 is 0 Å². The molecular formula is C15H14ClN5O. The second-order valence-electron chi connectivity index (χ2n) is 5.57. The number of halogens is 1. The van der Waals surface area contributed by atoms with Crippen LogP contribution in [0.5, 0.6) is 0 Å². The third-order valence-corrected chi connectivity index (χ3v) is 4.40. The lowest BCUT2D eigenvalue weighted by molar-refractivity contribution is 0.316. The van der Waals surface area contributed by atoms with Crippen LogP contribution >= 0.6 is 11.6 Å². The van der Waals surface area contributed by atoms with Gasteiger partial charge in [-0.25, -0.2) is 4.98 Å². The molecule has 0 aliphatic heterocycles. The number of hydrogen-bond acceptors (Lipinski definition) is 5. The Morgan fingerprint density at radius 1 is 1.23 bits per heavy atom. The molecule has 0 N–H and O–H groups in total. The second kappa shape index (κ2) is 5.21. The average Bonchev–Trinajstić information content (AvgIpc) is 3.09. The molecular weight excluding hydrogens is 302 g/mol. The minimum absolute atomic E-state index is 0.275. The molecule has 3 aromatic rings. The van der Waals surface area contributed by atoms with Gasteiger partial charge in [0.25, 0.3) is 5.89 Å². The third kappa shape index (κ3) is 2.29. The molecule has 3 aromatic heterocycles. The van der Waals surface area contributed by atoms with Crippen molar-refractivity contribution in [1.29, 1.82) is 0 Å². The minimum atomic E-state index is 0.275. The van der Waals surface area contributed by atoms with E-state index >= 15 is 0 Å². The quantitative estimate of drug-likeness (QED) is 0.694. The number of rotatable bonds is 3. The summed E-state index contributed by atoms with van der Waals surface area (Å²) in [4.78, 5) is 8.69. The van der Waals surface area contributed by atoms with Gasteiger partial charge >= 0.3 is 0 Å². The summed E-state index contributed by atoms with van der Waals surface area (Å²) in [7, 11) is 1.86. The molecule has 1 aliphatic carbocycles. The highest BCUT2D eigenvalue weighted by Gasteiger charge is 2.37. The zero-order valence-corrected chi connectivity index (χ0v) is 12.7. The fourth-order valence-corrected chi connectivity index (χ4v) is 2.96. The van der Waals surface area contributed by atoms with Crippen LogP contribution < -0.4 is 0 Å². The van der Waals surface area contributed by atoms with Crippen LogP contribution in [0, 0.1) is 0 Å². The fraction of sp³-hybridized carbons (Fsp3) is 0.333. The van der Waals surface area contributed by atoms with Gasteiger partial charge in [0.15, 0.2) is 5.82 Å². The molecule has 0 spiro atoms. The summed E-state index contributed by atoms with van der Waals surface area (Å²) < 4.78 is 7.09. The first kappa shape index (κ1) is 13.5. The van der Waals surface area contributed by atoms with Crippen LogP contribution in [0.25, 0.3) is 11.5 Å². The molecule has 0 amide bonds. The van der Waals surface area contributed by atoms with E-state index in [0.717, 1.165) is 24.2 Å². The van der Waals surface area contributed by atoms with Crippen LogP contribution in [0.4, 0.5) is 0 Å². The van der Waals surface area contributed by atoms with Crippen LogP contribution in [0.1, 0.15) is 36.1 Å². The highest BCUT2D eigenvalue weighted by molar-refractivity contribution is 6.29. The van der Waals surface area contributed by atoms with E-state index in [9.17, 15) is 0 Å². The first-order chi connectivity index (χ1) is 10.7. The van der Waals surface area contributed by atoms with Crippen molar-refractivity contribution in [3.8, 4) is 11.5 Å². The van der Waals surface area contributed by atoms with Crippen molar-refractivity contribution >= 4 is 11.6 Å². The Morgan fingerprint density at radius 3 is 2.73 bits per heavy atom.